The van der Waals surface area contributed by atoms with Crippen LogP contribution in [0.5, 0.6) is 0 Å². The minimum absolute atomic E-state index is 0.0219. The molecule has 1 aromatic rings. The summed E-state index contributed by atoms with van der Waals surface area (Å²) in [6, 6.07) is 5.04. The van der Waals surface area contributed by atoms with Gasteiger partial charge in [0.1, 0.15) is 5.69 Å². The van der Waals surface area contributed by atoms with Crippen LogP contribution in [-0.2, 0) is 0 Å². The first-order valence-electron chi connectivity index (χ1n) is 6.46. The van der Waals surface area contributed by atoms with Crippen molar-refractivity contribution in [1.82, 2.24) is 0 Å². The van der Waals surface area contributed by atoms with Gasteiger partial charge in [-0.05, 0) is 38.3 Å². The van der Waals surface area contributed by atoms with E-state index in [0.29, 0.717) is 17.2 Å². The molecule has 0 bridgehead atoms. The first kappa shape index (κ1) is 13.5. The molecular formula is C14H18N2O3. The first-order chi connectivity index (χ1) is 8.90. The van der Waals surface area contributed by atoms with Gasteiger partial charge in [-0.3, -0.25) is 14.9 Å². The van der Waals surface area contributed by atoms with Crippen LogP contribution in [0.3, 0.4) is 0 Å². The first-order valence-corrected chi connectivity index (χ1v) is 6.46. The van der Waals surface area contributed by atoms with Gasteiger partial charge in [-0.25, -0.2) is 0 Å². The Morgan fingerprint density at radius 3 is 2.58 bits per heavy atom. The Balaban J connectivity index is 2.45. The van der Waals surface area contributed by atoms with Crippen LogP contribution >= 0.6 is 0 Å². The van der Waals surface area contributed by atoms with Crippen LogP contribution in [0, 0.1) is 16.0 Å². The Hall–Kier alpha value is -1.91. The maximum atomic E-state index is 11.3. The summed E-state index contributed by atoms with van der Waals surface area (Å²) < 4.78 is 0. The van der Waals surface area contributed by atoms with Gasteiger partial charge in [0, 0.05) is 24.2 Å². The van der Waals surface area contributed by atoms with E-state index in [1.165, 1.54) is 13.0 Å². The molecule has 1 fully saturated rings. The molecule has 1 aliphatic rings. The molecule has 0 aliphatic carbocycles. The fourth-order valence-electron chi connectivity index (χ4n) is 2.77. The van der Waals surface area contributed by atoms with E-state index in [0.717, 1.165) is 13.0 Å². The van der Waals surface area contributed by atoms with Gasteiger partial charge in [-0.15, -0.1) is 0 Å². The summed E-state index contributed by atoms with van der Waals surface area (Å²) in [6.45, 7) is 6.46. The zero-order valence-electron chi connectivity index (χ0n) is 11.4. The van der Waals surface area contributed by atoms with Gasteiger partial charge >= 0.3 is 0 Å². The average Bonchev–Trinajstić information content (AvgIpc) is 2.67. The van der Waals surface area contributed by atoms with Crippen molar-refractivity contribution in [3.8, 4) is 0 Å². The van der Waals surface area contributed by atoms with Crippen molar-refractivity contribution in [3.63, 3.8) is 0 Å². The van der Waals surface area contributed by atoms with E-state index in [1.807, 2.05) is 0 Å². The van der Waals surface area contributed by atoms with E-state index in [4.69, 9.17) is 0 Å². The Labute approximate surface area is 112 Å². The number of hydrogen-bond donors (Lipinski definition) is 0. The molecule has 2 unspecified atom stereocenters. The average molecular weight is 262 g/mol. The standard InChI is InChI=1S/C14H18N2O3/c1-9-6-10(2)15(8-9)13-5-4-12(11(3)17)7-14(13)16(18)19/h4-5,7,9-10H,6,8H2,1-3H3. The molecule has 1 saturated heterocycles. The molecule has 0 aromatic heterocycles. The van der Waals surface area contributed by atoms with E-state index in [9.17, 15) is 14.9 Å². The topological polar surface area (TPSA) is 63.5 Å². The second-order valence-corrected chi connectivity index (χ2v) is 5.36. The minimum Gasteiger partial charge on any atom is -0.363 e. The number of hydrogen-bond acceptors (Lipinski definition) is 4. The minimum atomic E-state index is -0.405. The van der Waals surface area contributed by atoms with Crippen molar-refractivity contribution >= 4 is 17.2 Å². The van der Waals surface area contributed by atoms with Crippen LogP contribution in [0.15, 0.2) is 18.2 Å². The lowest BCUT2D eigenvalue weighted by atomic mass is 10.1. The lowest BCUT2D eigenvalue weighted by Crippen LogP contribution is -2.27. The maximum Gasteiger partial charge on any atom is 0.293 e. The van der Waals surface area contributed by atoms with E-state index >= 15 is 0 Å². The number of benzene rings is 1. The van der Waals surface area contributed by atoms with Gasteiger partial charge in [-0.2, -0.15) is 0 Å². The molecule has 0 saturated carbocycles. The van der Waals surface area contributed by atoms with Crippen LogP contribution in [0.2, 0.25) is 0 Å². The summed E-state index contributed by atoms with van der Waals surface area (Å²) >= 11 is 0. The van der Waals surface area contributed by atoms with E-state index in [-0.39, 0.29) is 17.5 Å². The van der Waals surface area contributed by atoms with Gasteiger partial charge in [0.25, 0.3) is 5.69 Å². The fourth-order valence-corrected chi connectivity index (χ4v) is 2.77. The fraction of sp³-hybridized carbons (Fsp3) is 0.500. The molecule has 2 rings (SSSR count). The highest BCUT2D eigenvalue weighted by Crippen LogP contribution is 2.35. The largest absolute Gasteiger partial charge is 0.363 e. The van der Waals surface area contributed by atoms with Crippen LogP contribution in [0.25, 0.3) is 0 Å². The highest BCUT2D eigenvalue weighted by molar-refractivity contribution is 5.95. The highest BCUT2D eigenvalue weighted by atomic mass is 16.6. The van der Waals surface area contributed by atoms with Crippen molar-refractivity contribution in [1.29, 1.82) is 0 Å². The predicted molar refractivity (Wildman–Crippen MR) is 73.7 cm³/mol. The number of nitro benzene ring substituents is 1. The number of nitrogens with zero attached hydrogens (tertiary/aromatic N) is 2. The van der Waals surface area contributed by atoms with E-state index in [1.54, 1.807) is 12.1 Å². The number of rotatable bonds is 3. The third kappa shape index (κ3) is 2.59. The van der Waals surface area contributed by atoms with Crippen LogP contribution < -0.4 is 4.90 Å². The molecule has 102 valence electrons. The molecule has 0 spiro atoms. The number of carbonyl (C=O) groups excluding carboxylic acids is 1. The molecule has 0 N–H and O–H groups in total. The van der Waals surface area contributed by atoms with Gasteiger partial charge in [-0.1, -0.05) is 6.92 Å². The SMILES string of the molecule is CC(=O)c1ccc(N2CC(C)CC2C)c([N+](=O)[O-])c1. The number of nitro groups is 1. The third-order valence-corrected chi connectivity index (χ3v) is 3.67. The number of Topliss-reactive ketones (excluding diaryl/α,β-unsaturated/α-hetero) is 1. The molecule has 1 aliphatic heterocycles. The van der Waals surface area contributed by atoms with Crippen molar-refractivity contribution in [2.45, 2.75) is 33.2 Å². The summed E-state index contributed by atoms with van der Waals surface area (Å²) in [5.41, 5.74) is 1.02. The molecular weight excluding hydrogens is 244 g/mol. The lowest BCUT2D eigenvalue weighted by Gasteiger charge is -2.23. The Morgan fingerprint density at radius 1 is 1.42 bits per heavy atom. The third-order valence-electron chi connectivity index (χ3n) is 3.67. The quantitative estimate of drug-likeness (QED) is 0.477. The molecule has 0 radical (unpaired) electrons. The normalized spacial score (nSPS) is 22.6. The summed E-state index contributed by atoms with van der Waals surface area (Å²) in [4.78, 5) is 24.2. The molecule has 5 nitrogen and oxygen atoms in total. The number of ketones is 1. The van der Waals surface area contributed by atoms with Gasteiger partial charge in [0.05, 0.1) is 4.92 Å². The van der Waals surface area contributed by atoms with Crippen molar-refractivity contribution in [2.75, 3.05) is 11.4 Å². The monoisotopic (exact) mass is 262 g/mol. The van der Waals surface area contributed by atoms with E-state index < -0.39 is 4.92 Å². The smallest absolute Gasteiger partial charge is 0.293 e. The molecule has 0 amide bonds. The highest BCUT2D eigenvalue weighted by Gasteiger charge is 2.31. The summed E-state index contributed by atoms with van der Waals surface area (Å²) in [7, 11) is 0. The zero-order chi connectivity index (χ0) is 14.2. The van der Waals surface area contributed by atoms with Crippen molar-refractivity contribution < 1.29 is 9.72 Å². The second-order valence-electron chi connectivity index (χ2n) is 5.36. The van der Waals surface area contributed by atoms with Crippen molar-refractivity contribution in [2.24, 2.45) is 5.92 Å². The van der Waals surface area contributed by atoms with Gasteiger partial charge in [0.2, 0.25) is 0 Å². The Bertz CT molecular complexity index is 527. The molecule has 19 heavy (non-hydrogen) atoms. The predicted octanol–water partition coefficient (Wildman–Crippen LogP) is 3.03. The lowest BCUT2D eigenvalue weighted by molar-refractivity contribution is -0.384. The summed E-state index contributed by atoms with van der Waals surface area (Å²) in [5, 5.41) is 11.2. The molecule has 2 atom stereocenters. The number of anilines is 1. The number of carbonyl (C=O) groups is 1. The van der Waals surface area contributed by atoms with Crippen LogP contribution in [0.1, 0.15) is 37.6 Å². The Morgan fingerprint density at radius 2 is 2.11 bits per heavy atom. The zero-order valence-corrected chi connectivity index (χ0v) is 11.4. The maximum absolute atomic E-state index is 11.3. The molecule has 5 heteroatoms. The summed E-state index contributed by atoms with van der Waals surface area (Å²) in [5.74, 6) is 0.375. The second kappa shape index (κ2) is 4.99. The van der Waals surface area contributed by atoms with E-state index in [2.05, 4.69) is 18.7 Å². The molecule has 1 heterocycles. The Kier molecular flexibility index (Phi) is 3.55. The van der Waals surface area contributed by atoms with Gasteiger partial charge in [0.15, 0.2) is 5.78 Å². The molecule has 1 aromatic carbocycles. The van der Waals surface area contributed by atoms with Gasteiger partial charge < -0.3 is 4.90 Å². The van der Waals surface area contributed by atoms with Crippen LogP contribution in [-0.4, -0.2) is 23.3 Å². The summed E-state index contributed by atoms with van der Waals surface area (Å²) in [6.07, 6.45) is 1.03. The van der Waals surface area contributed by atoms with Crippen LogP contribution in [0.4, 0.5) is 11.4 Å². The van der Waals surface area contributed by atoms with Crippen molar-refractivity contribution in [3.05, 3.63) is 33.9 Å².